The molecule has 1 aliphatic rings. The monoisotopic (exact) mass is 225 g/mol. The zero-order chi connectivity index (χ0) is 11.8. The van der Waals surface area contributed by atoms with Gasteiger partial charge in [0.2, 0.25) is 0 Å². The van der Waals surface area contributed by atoms with Crippen LogP contribution in [0.2, 0.25) is 0 Å². The maximum Gasteiger partial charge on any atom is 0.586 e. The fourth-order valence-electron chi connectivity index (χ4n) is 1.36. The van der Waals surface area contributed by atoms with Gasteiger partial charge in [-0.3, -0.25) is 4.79 Å². The zero-order valence-corrected chi connectivity index (χ0v) is 7.87. The molecule has 0 amide bonds. The molecule has 0 bridgehead atoms. The van der Waals surface area contributed by atoms with E-state index in [1.54, 1.807) is 6.07 Å². The highest BCUT2D eigenvalue weighted by Crippen LogP contribution is 2.43. The lowest BCUT2D eigenvalue weighted by Gasteiger charge is -2.05. The molecule has 0 atom stereocenters. The van der Waals surface area contributed by atoms with Crippen molar-refractivity contribution >= 4 is 5.78 Å². The first-order chi connectivity index (χ1) is 7.53. The number of hydrogen-bond donors (Lipinski definition) is 0. The first-order valence-corrected chi connectivity index (χ1v) is 4.32. The van der Waals surface area contributed by atoms with E-state index in [1.165, 1.54) is 18.2 Å². The molecule has 82 valence electrons. The molecular formula is C10H5F2NO3. The average molecular weight is 225 g/mol. The van der Waals surface area contributed by atoms with Gasteiger partial charge in [0.1, 0.15) is 0 Å². The zero-order valence-electron chi connectivity index (χ0n) is 7.87. The van der Waals surface area contributed by atoms with Gasteiger partial charge in [0.05, 0.1) is 18.1 Å². The van der Waals surface area contributed by atoms with Crippen LogP contribution in [0.15, 0.2) is 18.2 Å². The van der Waals surface area contributed by atoms with Gasteiger partial charge >= 0.3 is 6.29 Å². The molecule has 0 aliphatic carbocycles. The maximum atomic E-state index is 12.7. The number of halogens is 2. The van der Waals surface area contributed by atoms with Crippen molar-refractivity contribution in [3.63, 3.8) is 0 Å². The van der Waals surface area contributed by atoms with E-state index in [-0.39, 0.29) is 17.1 Å². The molecule has 0 spiro atoms. The van der Waals surface area contributed by atoms with Gasteiger partial charge in [0, 0.05) is 0 Å². The summed E-state index contributed by atoms with van der Waals surface area (Å²) in [5, 5.41) is 8.36. The Hall–Kier alpha value is -2.16. The molecule has 2 rings (SSSR count). The van der Waals surface area contributed by atoms with Gasteiger partial charge in [-0.15, -0.1) is 8.78 Å². The molecule has 1 aromatic rings. The van der Waals surface area contributed by atoms with E-state index in [4.69, 9.17) is 5.26 Å². The Morgan fingerprint density at radius 3 is 2.88 bits per heavy atom. The lowest BCUT2D eigenvalue weighted by Crippen LogP contribution is -2.26. The number of ether oxygens (including phenoxy) is 2. The number of fused-ring (bicyclic) bond motifs is 1. The second-order valence-corrected chi connectivity index (χ2v) is 3.06. The highest BCUT2D eigenvalue weighted by atomic mass is 19.3. The predicted octanol–water partition coefficient (Wildman–Crippen LogP) is 2.10. The molecule has 16 heavy (non-hydrogen) atoms. The van der Waals surface area contributed by atoms with Crippen LogP contribution in [0.25, 0.3) is 0 Å². The molecule has 0 aromatic heterocycles. The van der Waals surface area contributed by atoms with Crippen molar-refractivity contribution in [2.24, 2.45) is 0 Å². The summed E-state index contributed by atoms with van der Waals surface area (Å²) >= 11 is 0. The molecule has 1 heterocycles. The van der Waals surface area contributed by atoms with Crippen molar-refractivity contribution in [3.05, 3.63) is 23.8 Å². The number of para-hydroxylation sites is 1. The normalized spacial score (nSPS) is 15.6. The van der Waals surface area contributed by atoms with Crippen LogP contribution < -0.4 is 9.47 Å². The Morgan fingerprint density at radius 2 is 2.19 bits per heavy atom. The van der Waals surface area contributed by atoms with Gasteiger partial charge in [-0.05, 0) is 12.1 Å². The van der Waals surface area contributed by atoms with E-state index >= 15 is 0 Å². The first kappa shape index (κ1) is 10.4. The largest absolute Gasteiger partial charge is 0.586 e. The fourth-order valence-corrected chi connectivity index (χ4v) is 1.36. The molecule has 1 aliphatic heterocycles. The minimum atomic E-state index is -3.76. The summed E-state index contributed by atoms with van der Waals surface area (Å²) in [6.07, 6.45) is -4.16. The highest BCUT2D eigenvalue weighted by molar-refractivity contribution is 6.00. The summed E-state index contributed by atoms with van der Waals surface area (Å²) in [7, 11) is 0. The summed E-state index contributed by atoms with van der Waals surface area (Å²) in [5.74, 6) is -1.10. The van der Waals surface area contributed by atoms with Gasteiger partial charge in [-0.1, -0.05) is 6.07 Å². The van der Waals surface area contributed by atoms with Crippen molar-refractivity contribution < 1.29 is 23.0 Å². The number of benzene rings is 1. The number of carbonyl (C=O) groups is 1. The second kappa shape index (κ2) is 3.45. The van der Waals surface area contributed by atoms with Crippen LogP contribution in [0.5, 0.6) is 11.5 Å². The van der Waals surface area contributed by atoms with Crippen LogP contribution >= 0.6 is 0 Å². The quantitative estimate of drug-likeness (QED) is 0.723. The van der Waals surface area contributed by atoms with Gasteiger partial charge in [0.15, 0.2) is 17.3 Å². The van der Waals surface area contributed by atoms with Crippen LogP contribution in [0.1, 0.15) is 16.8 Å². The number of Topliss-reactive ketones (excluding diaryl/α,β-unsaturated/α-hetero) is 1. The SMILES string of the molecule is N#CCC(=O)c1cccc2c1OC(F)(F)O2. The predicted molar refractivity (Wildman–Crippen MR) is 47.2 cm³/mol. The van der Waals surface area contributed by atoms with E-state index < -0.39 is 18.5 Å². The van der Waals surface area contributed by atoms with Crippen molar-refractivity contribution in [3.8, 4) is 17.6 Å². The summed E-state index contributed by atoms with van der Waals surface area (Å²) in [6, 6.07) is 5.60. The number of nitriles is 1. The molecule has 0 fully saturated rings. The van der Waals surface area contributed by atoms with Crippen LogP contribution in [0.3, 0.4) is 0 Å². The summed E-state index contributed by atoms with van der Waals surface area (Å²) in [4.78, 5) is 11.4. The second-order valence-electron chi connectivity index (χ2n) is 3.06. The Bertz CT molecular complexity index is 493. The number of alkyl halides is 2. The van der Waals surface area contributed by atoms with E-state index in [0.29, 0.717) is 0 Å². The number of nitrogens with zero attached hydrogens (tertiary/aromatic N) is 1. The van der Waals surface area contributed by atoms with Gasteiger partial charge in [0.25, 0.3) is 0 Å². The Labute approximate surface area is 89.0 Å². The molecule has 0 radical (unpaired) electrons. The molecule has 0 unspecified atom stereocenters. The molecule has 0 saturated carbocycles. The molecule has 6 heteroatoms. The molecule has 0 saturated heterocycles. The molecule has 4 nitrogen and oxygen atoms in total. The Kier molecular flexibility index (Phi) is 2.23. The number of rotatable bonds is 2. The summed E-state index contributed by atoms with van der Waals surface area (Å²) in [5.41, 5.74) is -0.0729. The van der Waals surface area contributed by atoms with Crippen molar-refractivity contribution in [1.29, 1.82) is 5.26 Å². The minimum absolute atomic E-state index is 0.0729. The van der Waals surface area contributed by atoms with Gasteiger partial charge in [-0.25, -0.2) is 0 Å². The van der Waals surface area contributed by atoms with Crippen LogP contribution in [-0.2, 0) is 0 Å². The highest BCUT2D eigenvalue weighted by Gasteiger charge is 2.45. The third-order valence-corrected chi connectivity index (χ3v) is 1.97. The van der Waals surface area contributed by atoms with Crippen molar-refractivity contribution in [2.75, 3.05) is 0 Å². The Balaban J connectivity index is 2.42. The van der Waals surface area contributed by atoms with Crippen LogP contribution in [0, 0.1) is 11.3 Å². The molecular weight excluding hydrogens is 220 g/mol. The summed E-state index contributed by atoms with van der Waals surface area (Å²) in [6.45, 7) is 0. The lowest BCUT2D eigenvalue weighted by molar-refractivity contribution is -0.286. The van der Waals surface area contributed by atoms with Crippen molar-refractivity contribution in [1.82, 2.24) is 0 Å². The molecule has 0 N–H and O–H groups in total. The van der Waals surface area contributed by atoms with E-state index in [2.05, 4.69) is 9.47 Å². The molecule has 1 aromatic carbocycles. The smallest absolute Gasteiger partial charge is 0.395 e. The van der Waals surface area contributed by atoms with E-state index in [1.807, 2.05) is 0 Å². The van der Waals surface area contributed by atoms with E-state index in [0.717, 1.165) is 0 Å². The third-order valence-electron chi connectivity index (χ3n) is 1.97. The van der Waals surface area contributed by atoms with Gasteiger partial charge < -0.3 is 9.47 Å². The standard InChI is InChI=1S/C10H5F2NO3/c11-10(12)15-8-3-1-2-6(9(8)16-10)7(14)4-5-13/h1-3H,4H2. The van der Waals surface area contributed by atoms with Crippen molar-refractivity contribution in [2.45, 2.75) is 12.7 Å². The van der Waals surface area contributed by atoms with Crippen LogP contribution in [0.4, 0.5) is 8.78 Å². The topological polar surface area (TPSA) is 59.3 Å². The Morgan fingerprint density at radius 1 is 1.44 bits per heavy atom. The van der Waals surface area contributed by atoms with Crippen LogP contribution in [-0.4, -0.2) is 12.1 Å². The van der Waals surface area contributed by atoms with E-state index in [9.17, 15) is 13.6 Å². The minimum Gasteiger partial charge on any atom is -0.395 e. The maximum absolute atomic E-state index is 12.7. The third kappa shape index (κ3) is 1.67. The fraction of sp³-hybridized carbons (Fsp3) is 0.200. The number of ketones is 1. The average Bonchev–Trinajstić information content (AvgIpc) is 2.51. The van der Waals surface area contributed by atoms with Gasteiger partial charge in [-0.2, -0.15) is 5.26 Å². The lowest BCUT2D eigenvalue weighted by atomic mass is 10.1. The first-order valence-electron chi connectivity index (χ1n) is 4.32. The number of carbonyl (C=O) groups excluding carboxylic acids is 1. The summed E-state index contributed by atoms with van der Waals surface area (Å²) < 4.78 is 33.9. The number of hydrogen-bond acceptors (Lipinski definition) is 4.